The molecule has 0 unspecified atom stereocenters. The molecule has 1 N–H and O–H groups in total. The molecule has 0 aliphatic heterocycles. The lowest BCUT2D eigenvalue weighted by molar-refractivity contribution is -0.141. The molecule has 1 saturated carbocycles. The molecule has 43 heavy (non-hydrogen) atoms. The molecule has 11 heteroatoms. The largest absolute Gasteiger partial charge is 0.352 e. The summed E-state index contributed by atoms with van der Waals surface area (Å²) in [4.78, 5) is 29.3. The Morgan fingerprint density at radius 1 is 0.953 bits per heavy atom. The Balaban J connectivity index is 1.63. The van der Waals surface area contributed by atoms with Crippen LogP contribution < -0.4 is 9.62 Å². The SMILES string of the molecule is CS(=O)(=O)N(CCCC(=O)N(Cc1c(Cl)cccc1Cl)[C@H](Cc1ccccc1)C(=O)NC1CCCC1)c1ccccc1F. The van der Waals surface area contributed by atoms with E-state index in [1.807, 2.05) is 30.3 Å². The number of rotatable bonds is 13. The number of hydrogen-bond donors (Lipinski definition) is 1. The Morgan fingerprint density at radius 2 is 1.58 bits per heavy atom. The van der Waals surface area contributed by atoms with Gasteiger partial charge >= 0.3 is 0 Å². The number of hydrogen-bond acceptors (Lipinski definition) is 4. The summed E-state index contributed by atoms with van der Waals surface area (Å²) in [5.41, 5.74) is 1.30. The number of halogens is 3. The molecule has 0 heterocycles. The van der Waals surface area contributed by atoms with Crippen LogP contribution in [0.4, 0.5) is 10.1 Å². The maximum Gasteiger partial charge on any atom is 0.243 e. The Bertz CT molecular complexity index is 1500. The third-order valence-electron chi connectivity index (χ3n) is 7.64. The van der Waals surface area contributed by atoms with Crippen LogP contribution >= 0.6 is 23.2 Å². The summed E-state index contributed by atoms with van der Waals surface area (Å²) in [6.07, 6.45) is 5.08. The molecular formula is C32H36Cl2FN3O4S. The number of benzene rings is 3. The molecular weight excluding hydrogens is 612 g/mol. The molecule has 3 aromatic rings. The van der Waals surface area contributed by atoms with E-state index in [-0.39, 0.29) is 55.9 Å². The van der Waals surface area contributed by atoms with E-state index < -0.39 is 21.9 Å². The summed E-state index contributed by atoms with van der Waals surface area (Å²) in [5.74, 6) is -1.32. The predicted molar refractivity (Wildman–Crippen MR) is 169 cm³/mol. The summed E-state index contributed by atoms with van der Waals surface area (Å²) < 4.78 is 40.6. The molecule has 1 aliphatic rings. The highest BCUT2D eigenvalue weighted by atomic mass is 35.5. The van der Waals surface area contributed by atoms with E-state index in [9.17, 15) is 22.4 Å². The number of carbonyl (C=O) groups excluding carboxylic acids is 2. The highest BCUT2D eigenvalue weighted by Crippen LogP contribution is 2.28. The smallest absolute Gasteiger partial charge is 0.243 e. The van der Waals surface area contributed by atoms with Crippen LogP contribution in [0.5, 0.6) is 0 Å². The Morgan fingerprint density at radius 3 is 2.21 bits per heavy atom. The number of para-hydroxylation sites is 1. The molecule has 3 aromatic carbocycles. The van der Waals surface area contributed by atoms with E-state index in [1.54, 1.807) is 24.3 Å². The average molecular weight is 649 g/mol. The normalized spacial score (nSPS) is 14.3. The van der Waals surface area contributed by atoms with Gasteiger partial charge in [-0.15, -0.1) is 0 Å². The van der Waals surface area contributed by atoms with Gasteiger partial charge in [0.1, 0.15) is 11.9 Å². The van der Waals surface area contributed by atoms with E-state index in [1.165, 1.54) is 23.1 Å². The third-order valence-corrected chi connectivity index (χ3v) is 9.52. The molecule has 0 saturated heterocycles. The maximum absolute atomic E-state index is 14.5. The van der Waals surface area contributed by atoms with Crippen molar-refractivity contribution in [1.29, 1.82) is 0 Å². The minimum absolute atomic E-state index is 0.0178. The van der Waals surface area contributed by atoms with E-state index in [2.05, 4.69) is 5.32 Å². The number of amides is 2. The van der Waals surface area contributed by atoms with E-state index in [0.29, 0.717) is 15.6 Å². The van der Waals surface area contributed by atoms with Gasteiger partial charge in [-0.05, 0) is 49.1 Å². The van der Waals surface area contributed by atoms with Crippen molar-refractivity contribution >= 4 is 50.7 Å². The first-order chi connectivity index (χ1) is 20.5. The van der Waals surface area contributed by atoms with Gasteiger partial charge in [-0.1, -0.05) is 84.6 Å². The fraction of sp³-hybridized carbons (Fsp3) is 0.375. The monoisotopic (exact) mass is 647 g/mol. The summed E-state index contributed by atoms with van der Waals surface area (Å²) in [6, 6.07) is 19.2. The van der Waals surface area contributed by atoms with Crippen LogP contribution in [-0.4, -0.2) is 50.0 Å². The van der Waals surface area contributed by atoms with Crippen molar-refractivity contribution in [2.75, 3.05) is 17.1 Å². The minimum atomic E-state index is -3.83. The molecule has 4 rings (SSSR count). The molecule has 1 fully saturated rings. The van der Waals surface area contributed by atoms with Crippen molar-refractivity contribution in [2.45, 2.75) is 63.6 Å². The topological polar surface area (TPSA) is 86.8 Å². The Labute approximate surface area is 263 Å². The van der Waals surface area contributed by atoms with Crippen molar-refractivity contribution in [3.05, 3.63) is 99.8 Å². The first-order valence-corrected chi connectivity index (χ1v) is 16.9. The van der Waals surface area contributed by atoms with Gasteiger partial charge in [-0.3, -0.25) is 13.9 Å². The molecule has 7 nitrogen and oxygen atoms in total. The Hall–Kier alpha value is -3.14. The van der Waals surface area contributed by atoms with Crippen molar-refractivity contribution in [3.8, 4) is 0 Å². The van der Waals surface area contributed by atoms with Crippen LogP contribution in [0.25, 0.3) is 0 Å². The van der Waals surface area contributed by atoms with E-state index in [0.717, 1.165) is 41.8 Å². The molecule has 0 aromatic heterocycles. The summed E-state index contributed by atoms with van der Waals surface area (Å²) in [6.45, 7) is -0.139. The van der Waals surface area contributed by atoms with Gasteiger partial charge in [0, 0.05) is 47.6 Å². The number of sulfonamides is 1. The number of nitrogens with zero attached hydrogens (tertiary/aromatic N) is 2. The molecule has 0 spiro atoms. The quantitative estimate of drug-likeness (QED) is 0.233. The number of carbonyl (C=O) groups is 2. The molecule has 0 bridgehead atoms. The lowest BCUT2D eigenvalue weighted by Crippen LogP contribution is -2.52. The van der Waals surface area contributed by atoms with Crippen LogP contribution in [0.3, 0.4) is 0 Å². The second-order valence-corrected chi connectivity index (χ2v) is 13.5. The van der Waals surface area contributed by atoms with Crippen LogP contribution in [0.1, 0.15) is 49.7 Å². The van der Waals surface area contributed by atoms with Crippen molar-refractivity contribution < 1.29 is 22.4 Å². The highest BCUT2D eigenvalue weighted by Gasteiger charge is 2.33. The van der Waals surface area contributed by atoms with Crippen LogP contribution in [0.15, 0.2) is 72.8 Å². The van der Waals surface area contributed by atoms with Gasteiger partial charge in [0.05, 0.1) is 11.9 Å². The zero-order valence-electron chi connectivity index (χ0n) is 24.0. The van der Waals surface area contributed by atoms with Gasteiger partial charge in [-0.25, -0.2) is 12.8 Å². The second kappa shape index (κ2) is 15.0. The zero-order chi connectivity index (χ0) is 31.0. The van der Waals surface area contributed by atoms with Crippen LogP contribution in [0, 0.1) is 5.82 Å². The Kier molecular flexibility index (Phi) is 11.5. The summed E-state index contributed by atoms with van der Waals surface area (Å²) in [5, 5.41) is 3.87. The predicted octanol–water partition coefficient (Wildman–Crippen LogP) is 6.38. The summed E-state index contributed by atoms with van der Waals surface area (Å²) in [7, 11) is -3.83. The number of anilines is 1. The number of nitrogens with one attached hydrogen (secondary N) is 1. The van der Waals surface area contributed by atoms with Gasteiger partial charge in [0.2, 0.25) is 21.8 Å². The van der Waals surface area contributed by atoms with Gasteiger partial charge in [0.25, 0.3) is 0 Å². The van der Waals surface area contributed by atoms with Crippen LogP contribution in [-0.2, 0) is 32.6 Å². The van der Waals surface area contributed by atoms with Crippen molar-refractivity contribution in [3.63, 3.8) is 0 Å². The molecule has 230 valence electrons. The fourth-order valence-corrected chi connectivity index (χ4v) is 6.89. The first-order valence-electron chi connectivity index (χ1n) is 14.3. The third kappa shape index (κ3) is 8.94. The second-order valence-electron chi connectivity index (χ2n) is 10.8. The molecule has 2 amide bonds. The van der Waals surface area contributed by atoms with E-state index >= 15 is 0 Å². The molecule has 1 atom stereocenters. The highest BCUT2D eigenvalue weighted by molar-refractivity contribution is 7.92. The molecule has 0 radical (unpaired) electrons. The van der Waals surface area contributed by atoms with Gasteiger partial charge < -0.3 is 10.2 Å². The minimum Gasteiger partial charge on any atom is -0.352 e. The van der Waals surface area contributed by atoms with Gasteiger partial charge in [0.15, 0.2) is 0 Å². The van der Waals surface area contributed by atoms with Crippen LogP contribution in [0.2, 0.25) is 10.0 Å². The maximum atomic E-state index is 14.5. The van der Waals surface area contributed by atoms with E-state index in [4.69, 9.17) is 23.2 Å². The van der Waals surface area contributed by atoms with Gasteiger partial charge in [-0.2, -0.15) is 0 Å². The standard InChI is InChI=1S/C32H36Cl2FN3O4S/c1-43(41,42)38(29-18-8-7-17-28(29)35)20-10-19-31(39)37(22-25-26(33)15-9-16-27(25)34)30(21-23-11-3-2-4-12-23)32(40)36-24-13-5-6-14-24/h2-4,7-9,11-12,15-18,24,30H,5-6,10,13-14,19-22H2,1H3,(H,36,40)/t30-/m1/s1. The fourth-order valence-electron chi connectivity index (χ4n) is 5.41. The van der Waals surface area contributed by atoms with Crippen molar-refractivity contribution in [2.24, 2.45) is 0 Å². The lowest BCUT2D eigenvalue weighted by Gasteiger charge is -2.33. The zero-order valence-corrected chi connectivity index (χ0v) is 26.3. The molecule has 1 aliphatic carbocycles. The average Bonchev–Trinajstić information content (AvgIpc) is 3.48. The summed E-state index contributed by atoms with van der Waals surface area (Å²) >= 11 is 13.0. The van der Waals surface area contributed by atoms with Crippen molar-refractivity contribution in [1.82, 2.24) is 10.2 Å². The first kappa shape index (κ1) is 32.8. The lowest BCUT2D eigenvalue weighted by atomic mass is 10.0.